The molecule has 2 fully saturated rings. The third kappa shape index (κ3) is 5.73. The number of ether oxygens (including phenoxy) is 4. The molecule has 5 aliphatic rings. The quantitative estimate of drug-likeness (QED) is 0.399. The molecule has 0 aromatic heterocycles. The molecule has 9 atom stereocenters. The van der Waals surface area contributed by atoms with Crippen molar-refractivity contribution < 1.29 is 28.8 Å². The Morgan fingerprint density at radius 2 is 1.95 bits per heavy atom. The fourth-order valence-electron chi connectivity index (χ4n) is 6.36. The Morgan fingerprint density at radius 3 is 2.78 bits per heavy atom. The van der Waals surface area contributed by atoms with Crippen molar-refractivity contribution in [3.05, 3.63) is 59.8 Å². The maximum atomic E-state index is 13.7. The molecule has 4 aliphatic heterocycles. The number of carbonyl (C=O) groups is 1. The van der Waals surface area contributed by atoms with Gasteiger partial charge < -0.3 is 24.1 Å². The topological polar surface area (TPSA) is 74.2 Å². The predicted molar refractivity (Wildman–Crippen MR) is 142 cm³/mol. The van der Waals surface area contributed by atoms with Gasteiger partial charge in [-0.1, -0.05) is 62.8 Å². The lowest BCUT2D eigenvalue weighted by atomic mass is 9.75. The van der Waals surface area contributed by atoms with Crippen LogP contribution in [0.1, 0.15) is 65.7 Å². The van der Waals surface area contributed by atoms with Gasteiger partial charge >= 0.3 is 5.97 Å². The standard InChI is InChI=1S/C31H42O6/c1-4-20(2)26-14-11-15-31(37-26)18-24-17-23(36-31)13-10-8-6-5-7-9-12-22-19-34-29-27(22)25(30(33)35-24)16-21(3)28(29)32/h7-12,15-16,20,23-29,32H,4-6,13-14,17-19H2,1-3H3. The molecule has 37 heavy (non-hydrogen) atoms. The summed E-state index contributed by atoms with van der Waals surface area (Å²) in [4.78, 5) is 13.7. The van der Waals surface area contributed by atoms with Crippen molar-refractivity contribution in [2.24, 2.45) is 17.8 Å². The highest BCUT2D eigenvalue weighted by atomic mass is 16.7. The Hall–Kier alpha value is -1.99. The molecule has 4 heterocycles. The van der Waals surface area contributed by atoms with E-state index >= 15 is 0 Å². The maximum Gasteiger partial charge on any atom is 0.313 e. The number of allylic oxidation sites excluding steroid dienone is 4. The number of hydrogen-bond acceptors (Lipinski definition) is 6. The largest absolute Gasteiger partial charge is 0.462 e. The summed E-state index contributed by atoms with van der Waals surface area (Å²) in [6.45, 7) is 6.68. The van der Waals surface area contributed by atoms with Crippen LogP contribution in [0, 0.1) is 17.8 Å². The molecule has 1 N–H and O–H groups in total. The van der Waals surface area contributed by atoms with Gasteiger partial charge in [-0.05, 0) is 55.7 Å². The van der Waals surface area contributed by atoms with E-state index in [0.29, 0.717) is 25.4 Å². The van der Waals surface area contributed by atoms with Gasteiger partial charge in [-0.2, -0.15) is 0 Å². The van der Waals surface area contributed by atoms with Crippen molar-refractivity contribution in [2.45, 2.75) is 102 Å². The van der Waals surface area contributed by atoms with Crippen LogP contribution in [-0.2, 0) is 23.7 Å². The van der Waals surface area contributed by atoms with Crippen LogP contribution < -0.4 is 0 Å². The maximum absolute atomic E-state index is 13.7. The van der Waals surface area contributed by atoms with Gasteiger partial charge in [-0.25, -0.2) is 0 Å². The minimum atomic E-state index is -0.874. The van der Waals surface area contributed by atoms with Crippen LogP contribution in [0.3, 0.4) is 0 Å². The van der Waals surface area contributed by atoms with E-state index in [-0.39, 0.29) is 30.2 Å². The summed E-state index contributed by atoms with van der Waals surface area (Å²) in [5, 5.41) is 10.8. The van der Waals surface area contributed by atoms with Gasteiger partial charge in [0.15, 0.2) is 5.79 Å². The summed E-state index contributed by atoms with van der Waals surface area (Å²) < 4.78 is 25.5. The first-order chi connectivity index (χ1) is 17.9. The molecule has 6 nitrogen and oxygen atoms in total. The van der Waals surface area contributed by atoms with Crippen LogP contribution in [0.2, 0.25) is 0 Å². The van der Waals surface area contributed by atoms with E-state index in [1.165, 1.54) is 0 Å². The molecule has 0 amide bonds. The monoisotopic (exact) mass is 510 g/mol. The van der Waals surface area contributed by atoms with Crippen molar-refractivity contribution in [1.82, 2.24) is 0 Å². The molecule has 1 spiro atoms. The van der Waals surface area contributed by atoms with Crippen LogP contribution >= 0.6 is 0 Å². The van der Waals surface area contributed by atoms with E-state index in [1.54, 1.807) is 0 Å². The van der Waals surface area contributed by atoms with Crippen molar-refractivity contribution >= 4 is 5.97 Å². The second-order valence-corrected chi connectivity index (χ2v) is 11.4. The van der Waals surface area contributed by atoms with Crippen LogP contribution in [0.15, 0.2) is 59.8 Å². The molecular formula is C31H42O6. The molecule has 2 saturated heterocycles. The van der Waals surface area contributed by atoms with Gasteiger partial charge in [-0.3, -0.25) is 4.79 Å². The van der Waals surface area contributed by atoms with Gasteiger partial charge in [0.2, 0.25) is 0 Å². The van der Waals surface area contributed by atoms with Crippen LogP contribution in [-0.4, -0.2) is 54.0 Å². The normalized spacial score (nSPS) is 41.1. The molecule has 5 rings (SSSR count). The predicted octanol–water partition coefficient (Wildman–Crippen LogP) is 5.34. The van der Waals surface area contributed by atoms with Crippen molar-refractivity contribution in [2.75, 3.05) is 6.61 Å². The smallest absolute Gasteiger partial charge is 0.313 e. The second-order valence-electron chi connectivity index (χ2n) is 11.4. The number of aliphatic hydroxyl groups is 1. The number of fused-ring (bicyclic) bond motifs is 2. The summed E-state index contributed by atoms with van der Waals surface area (Å²) in [6.07, 6.45) is 20.9. The third-order valence-electron chi connectivity index (χ3n) is 8.67. The van der Waals surface area contributed by atoms with E-state index in [4.69, 9.17) is 18.9 Å². The Bertz CT molecular complexity index is 992. The van der Waals surface area contributed by atoms with E-state index in [9.17, 15) is 9.90 Å². The minimum absolute atomic E-state index is 0.0831. The highest BCUT2D eigenvalue weighted by Crippen LogP contribution is 2.44. The Morgan fingerprint density at radius 1 is 1.11 bits per heavy atom. The average molecular weight is 511 g/mol. The zero-order valence-corrected chi connectivity index (χ0v) is 22.4. The number of rotatable bonds is 2. The van der Waals surface area contributed by atoms with E-state index in [0.717, 1.165) is 43.3 Å². The molecule has 2 bridgehead atoms. The fourth-order valence-corrected chi connectivity index (χ4v) is 6.36. The molecule has 0 saturated carbocycles. The minimum Gasteiger partial charge on any atom is -0.462 e. The highest BCUT2D eigenvalue weighted by molar-refractivity contribution is 5.76. The van der Waals surface area contributed by atoms with Crippen LogP contribution in [0.5, 0.6) is 0 Å². The zero-order chi connectivity index (χ0) is 26.0. The molecule has 6 heteroatoms. The van der Waals surface area contributed by atoms with E-state index < -0.39 is 23.9 Å². The Labute approximate surface area is 221 Å². The van der Waals surface area contributed by atoms with E-state index in [1.807, 2.05) is 25.2 Å². The van der Waals surface area contributed by atoms with Gasteiger partial charge in [0.1, 0.15) is 12.2 Å². The van der Waals surface area contributed by atoms with Crippen molar-refractivity contribution in [3.8, 4) is 0 Å². The number of hydrogen-bond donors (Lipinski definition) is 1. The summed E-state index contributed by atoms with van der Waals surface area (Å²) in [6, 6.07) is 0. The summed E-state index contributed by atoms with van der Waals surface area (Å²) in [5.74, 6) is -1.44. The van der Waals surface area contributed by atoms with Gasteiger partial charge in [0.25, 0.3) is 0 Å². The van der Waals surface area contributed by atoms with Crippen molar-refractivity contribution in [3.63, 3.8) is 0 Å². The summed E-state index contributed by atoms with van der Waals surface area (Å²) in [7, 11) is 0. The fraction of sp³-hybridized carbons (Fsp3) is 0.645. The molecule has 9 unspecified atom stereocenters. The Balaban J connectivity index is 1.44. The Kier molecular flexibility index (Phi) is 8.20. The first-order valence-corrected chi connectivity index (χ1v) is 14.1. The SMILES string of the molecule is CCC(C)C1CC=CC2(CC3CC(CC=CCCC=CC=C4COC5C(O)C(C)=CC(C(=O)O3)C45)O2)O1. The number of carbonyl (C=O) groups excluding carboxylic acids is 1. The van der Waals surface area contributed by atoms with Crippen LogP contribution in [0.4, 0.5) is 0 Å². The van der Waals surface area contributed by atoms with Crippen molar-refractivity contribution in [1.29, 1.82) is 0 Å². The molecule has 0 radical (unpaired) electrons. The molecular weight excluding hydrogens is 468 g/mol. The van der Waals surface area contributed by atoms with Crippen LogP contribution in [0.25, 0.3) is 0 Å². The molecule has 1 aliphatic carbocycles. The lowest BCUT2D eigenvalue weighted by molar-refractivity contribution is -0.294. The third-order valence-corrected chi connectivity index (χ3v) is 8.67. The average Bonchev–Trinajstić information content (AvgIpc) is 3.30. The highest BCUT2D eigenvalue weighted by Gasteiger charge is 2.50. The van der Waals surface area contributed by atoms with Gasteiger partial charge in [0, 0.05) is 18.8 Å². The zero-order valence-electron chi connectivity index (χ0n) is 22.4. The lowest BCUT2D eigenvalue weighted by Crippen LogP contribution is -2.52. The first-order valence-electron chi connectivity index (χ1n) is 14.1. The van der Waals surface area contributed by atoms with Gasteiger partial charge in [0.05, 0.1) is 30.8 Å². The molecule has 0 aromatic carbocycles. The molecule has 202 valence electrons. The lowest BCUT2D eigenvalue weighted by Gasteiger charge is -2.46. The number of esters is 1. The number of aliphatic hydroxyl groups excluding tert-OH is 1. The summed E-state index contributed by atoms with van der Waals surface area (Å²) >= 11 is 0. The second kappa shape index (κ2) is 11.4. The van der Waals surface area contributed by atoms with Gasteiger partial charge in [-0.15, -0.1) is 0 Å². The molecule has 0 aromatic rings. The summed E-state index contributed by atoms with van der Waals surface area (Å²) in [5.41, 5.74) is 1.79. The first kappa shape index (κ1) is 26.6. The van der Waals surface area contributed by atoms with E-state index in [2.05, 4.69) is 44.2 Å².